The second kappa shape index (κ2) is 6.41. The van der Waals surface area contributed by atoms with Crippen LogP contribution in [0.2, 0.25) is 0 Å². The molecule has 20 heavy (non-hydrogen) atoms. The summed E-state index contributed by atoms with van der Waals surface area (Å²) in [7, 11) is 0. The van der Waals surface area contributed by atoms with Crippen LogP contribution in [-0.4, -0.2) is 29.5 Å². The maximum atomic E-state index is 11.6. The molecule has 0 spiro atoms. The molecule has 0 radical (unpaired) electrons. The number of oxime groups is 1. The lowest BCUT2D eigenvalue weighted by Gasteiger charge is -2.09. The van der Waals surface area contributed by atoms with Gasteiger partial charge in [0.05, 0.1) is 18.7 Å². The van der Waals surface area contributed by atoms with Crippen molar-refractivity contribution in [2.75, 3.05) is 6.61 Å². The average Bonchev–Trinajstić information content (AvgIpc) is 2.85. The number of hydrogen-bond acceptors (Lipinski definition) is 5. The monoisotopic (exact) mass is 277 g/mol. The van der Waals surface area contributed by atoms with Crippen LogP contribution < -0.4 is 0 Å². The zero-order valence-electron chi connectivity index (χ0n) is 11.7. The number of hydrogen-bond donors (Lipinski definition) is 1. The van der Waals surface area contributed by atoms with Gasteiger partial charge < -0.3 is 14.7 Å². The summed E-state index contributed by atoms with van der Waals surface area (Å²) >= 11 is 0. The highest BCUT2D eigenvalue weighted by atomic mass is 16.6. The molecule has 2 rings (SSSR count). The minimum atomic E-state index is -0.265. The fourth-order valence-corrected chi connectivity index (χ4v) is 1.87. The van der Waals surface area contributed by atoms with Crippen LogP contribution in [0.5, 0.6) is 5.75 Å². The van der Waals surface area contributed by atoms with Crippen molar-refractivity contribution in [3.05, 3.63) is 29.8 Å². The molecule has 108 valence electrons. The van der Waals surface area contributed by atoms with Gasteiger partial charge in [-0.3, -0.25) is 4.79 Å². The highest BCUT2D eigenvalue weighted by Gasteiger charge is 2.25. The molecule has 5 nitrogen and oxygen atoms in total. The van der Waals surface area contributed by atoms with Gasteiger partial charge in [0.15, 0.2) is 0 Å². The third-order valence-corrected chi connectivity index (χ3v) is 2.91. The summed E-state index contributed by atoms with van der Waals surface area (Å²) in [5, 5.41) is 13.2. The smallest absolute Gasteiger partial charge is 0.309 e. The molecule has 0 saturated heterocycles. The minimum absolute atomic E-state index is 0.206. The molecule has 0 bridgehead atoms. The number of phenols is 1. The van der Waals surface area contributed by atoms with Gasteiger partial charge in [-0.1, -0.05) is 19.0 Å². The number of ether oxygens (including phenoxy) is 1. The van der Waals surface area contributed by atoms with Gasteiger partial charge in [-0.15, -0.1) is 0 Å². The molecule has 0 aliphatic carbocycles. The molecule has 1 aliphatic rings. The molecule has 1 aliphatic heterocycles. The molecule has 5 heteroatoms. The molecule has 0 saturated carbocycles. The zero-order chi connectivity index (χ0) is 14.5. The number of carbonyl (C=O) groups excluding carboxylic acids is 1. The van der Waals surface area contributed by atoms with E-state index in [0.29, 0.717) is 18.9 Å². The van der Waals surface area contributed by atoms with Crippen molar-refractivity contribution in [1.82, 2.24) is 0 Å². The number of rotatable bonds is 5. The van der Waals surface area contributed by atoms with E-state index in [-0.39, 0.29) is 24.2 Å². The van der Waals surface area contributed by atoms with Crippen LogP contribution in [0.4, 0.5) is 0 Å². The Balaban J connectivity index is 1.82. The van der Waals surface area contributed by atoms with Crippen molar-refractivity contribution in [2.45, 2.75) is 32.8 Å². The topological polar surface area (TPSA) is 68.1 Å². The largest absolute Gasteiger partial charge is 0.508 e. The van der Waals surface area contributed by atoms with Gasteiger partial charge in [0, 0.05) is 6.42 Å². The van der Waals surface area contributed by atoms with Crippen molar-refractivity contribution in [3.8, 4) is 5.75 Å². The summed E-state index contributed by atoms with van der Waals surface area (Å²) in [6, 6.07) is 6.75. The Morgan fingerprint density at radius 2 is 2.15 bits per heavy atom. The second-order valence-electron chi connectivity index (χ2n) is 5.30. The number of carbonyl (C=O) groups is 1. The molecule has 1 aromatic rings. The van der Waals surface area contributed by atoms with E-state index >= 15 is 0 Å². The van der Waals surface area contributed by atoms with Crippen LogP contribution >= 0.6 is 0 Å². The fourth-order valence-electron chi connectivity index (χ4n) is 1.87. The van der Waals surface area contributed by atoms with Gasteiger partial charge >= 0.3 is 5.97 Å². The first kappa shape index (κ1) is 14.4. The zero-order valence-corrected chi connectivity index (χ0v) is 11.7. The van der Waals surface area contributed by atoms with E-state index in [2.05, 4.69) is 5.16 Å². The molecule has 0 fully saturated rings. The second-order valence-corrected chi connectivity index (χ2v) is 5.30. The molecular formula is C15H19NO4. The van der Waals surface area contributed by atoms with E-state index in [4.69, 9.17) is 9.57 Å². The average molecular weight is 277 g/mol. The molecular weight excluding hydrogens is 258 g/mol. The van der Waals surface area contributed by atoms with E-state index in [9.17, 15) is 9.90 Å². The van der Waals surface area contributed by atoms with Crippen LogP contribution in [-0.2, 0) is 14.4 Å². The van der Waals surface area contributed by atoms with E-state index in [1.54, 1.807) is 24.3 Å². The van der Waals surface area contributed by atoms with Crippen molar-refractivity contribution in [1.29, 1.82) is 0 Å². The third kappa shape index (κ3) is 3.98. The lowest BCUT2D eigenvalue weighted by Crippen LogP contribution is -2.18. The van der Waals surface area contributed by atoms with Gasteiger partial charge in [0.1, 0.15) is 11.9 Å². The summed E-state index contributed by atoms with van der Waals surface area (Å²) in [6.07, 6.45) is 0.512. The first-order valence-corrected chi connectivity index (χ1v) is 6.72. The molecule has 1 aromatic carbocycles. The van der Waals surface area contributed by atoms with Crippen LogP contribution in [0.1, 0.15) is 32.3 Å². The van der Waals surface area contributed by atoms with Gasteiger partial charge in [-0.05, 0) is 35.7 Å². The highest BCUT2D eigenvalue weighted by molar-refractivity contribution is 6.01. The van der Waals surface area contributed by atoms with E-state index in [1.807, 2.05) is 13.8 Å². The summed E-state index contributed by atoms with van der Waals surface area (Å²) < 4.78 is 5.12. The Morgan fingerprint density at radius 3 is 2.80 bits per heavy atom. The van der Waals surface area contributed by atoms with Crippen LogP contribution in [0.15, 0.2) is 29.4 Å². The Labute approximate surface area is 118 Å². The number of phenolic OH excluding ortho intramolecular Hbond substituents is 1. The minimum Gasteiger partial charge on any atom is -0.508 e. The predicted octanol–water partition coefficient (Wildman–Crippen LogP) is 2.47. The Bertz CT molecular complexity index is 493. The van der Waals surface area contributed by atoms with Gasteiger partial charge in [0.25, 0.3) is 0 Å². The van der Waals surface area contributed by atoms with Gasteiger partial charge in [-0.2, -0.15) is 0 Å². The van der Waals surface area contributed by atoms with Crippen LogP contribution in [0.3, 0.4) is 0 Å². The Morgan fingerprint density at radius 1 is 1.45 bits per heavy atom. The van der Waals surface area contributed by atoms with Gasteiger partial charge in [0.2, 0.25) is 0 Å². The molecule has 1 atom stereocenters. The predicted molar refractivity (Wildman–Crippen MR) is 74.5 cm³/mol. The molecule has 1 N–H and O–H groups in total. The summed E-state index contributed by atoms with van der Waals surface area (Å²) in [4.78, 5) is 16.9. The number of esters is 1. The number of nitrogens with zero attached hydrogens (tertiary/aromatic N) is 1. The fraction of sp³-hybridized carbons (Fsp3) is 0.467. The number of aromatic hydroxyl groups is 1. The van der Waals surface area contributed by atoms with E-state index in [1.165, 1.54) is 0 Å². The quantitative estimate of drug-likeness (QED) is 0.839. The lowest BCUT2D eigenvalue weighted by molar-refractivity contribution is -0.147. The van der Waals surface area contributed by atoms with Crippen LogP contribution in [0, 0.1) is 5.92 Å². The van der Waals surface area contributed by atoms with Crippen molar-refractivity contribution >= 4 is 11.7 Å². The van der Waals surface area contributed by atoms with Crippen molar-refractivity contribution in [3.63, 3.8) is 0 Å². The summed E-state index contributed by atoms with van der Waals surface area (Å²) in [5.74, 6) is 0.278. The maximum absolute atomic E-state index is 11.6. The lowest BCUT2D eigenvalue weighted by atomic mass is 10.0. The normalized spacial score (nSPS) is 17.8. The maximum Gasteiger partial charge on any atom is 0.309 e. The van der Waals surface area contributed by atoms with E-state index in [0.717, 1.165) is 11.3 Å². The molecule has 0 aromatic heterocycles. The van der Waals surface area contributed by atoms with Crippen molar-refractivity contribution < 1.29 is 19.5 Å². The summed E-state index contributed by atoms with van der Waals surface area (Å²) in [6.45, 7) is 4.41. The highest BCUT2D eigenvalue weighted by Crippen LogP contribution is 2.20. The first-order valence-electron chi connectivity index (χ1n) is 6.72. The molecule has 1 unspecified atom stereocenters. The first-order chi connectivity index (χ1) is 9.54. The Kier molecular flexibility index (Phi) is 4.61. The third-order valence-electron chi connectivity index (χ3n) is 2.91. The Hall–Kier alpha value is -2.04. The molecule has 0 amide bonds. The van der Waals surface area contributed by atoms with Crippen molar-refractivity contribution in [2.24, 2.45) is 11.1 Å². The molecule has 1 heterocycles. The number of benzene rings is 1. The van der Waals surface area contributed by atoms with E-state index < -0.39 is 0 Å². The summed E-state index contributed by atoms with van der Waals surface area (Å²) in [5.41, 5.74) is 1.67. The van der Waals surface area contributed by atoms with Crippen LogP contribution in [0.25, 0.3) is 0 Å². The SMILES string of the molecule is CC(C)COC(=O)CC1CC(c2ccc(O)cc2)=NO1. The standard InChI is InChI=1S/C15H19NO4/c1-10(2)9-19-15(18)8-13-7-14(16-20-13)11-3-5-12(17)6-4-11/h3-6,10,13,17H,7-9H2,1-2H3. The van der Waals surface area contributed by atoms with Gasteiger partial charge in [-0.25, -0.2) is 0 Å².